The number of non-ortho nitro benzene ring substituents is 1. The van der Waals surface area contributed by atoms with Crippen molar-refractivity contribution in [3.05, 3.63) is 81.9 Å². The van der Waals surface area contributed by atoms with Crippen LogP contribution in [0.15, 0.2) is 60.7 Å². The minimum atomic E-state index is -0.434. The molecule has 0 atom stereocenters. The highest BCUT2D eigenvalue weighted by atomic mass is 16.6. The maximum Gasteiger partial charge on any atom is 0.330 e. The SMILES string of the molecule is COC(=O)/C=C/CN(CCc1ccc([N+](=O)[O-])cc1)c1cccc(C#N)c1. The topological polar surface area (TPSA) is 96.5 Å². The lowest BCUT2D eigenvalue weighted by atomic mass is 10.1. The molecule has 0 saturated heterocycles. The molecule has 0 radical (unpaired) electrons. The van der Waals surface area contributed by atoms with Crippen molar-refractivity contribution in [3.8, 4) is 6.07 Å². The van der Waals surface area contributed by atoms with Crippen LogP contribution in [0.3, 0.4) is 0 Å². The first kappa shape index (κ1) is 19.7. The smallest absolute Gasteiger partial charge is 0.330 e. The lowest BCUT2D eigenvalue weighted by molar-refractivity contribution is -0.384. The van der Waals surface area contributed by atoms with E-state index < -0.39 is 10.9 Å². The quantitative estimate of drug-likeness (QED) is 0.308. The van der Waals surface area contributed by atoms with Gasteiger partial charge in [0.15, 0.2) is 0 Å². The first-order valence-corrected chi connectivity index (χ1v) is 8.26. The minimum Gasteiger partial charge on any atom is -0.466 e. The van der Waals surface area contributed by atoms with Gasteiger partial charge in [0.25, 0.3) is 5.69 Å². The molecular weight excluding hydrogens is 346 g/mol. The number of nitro benzene ring substituents is 1. The van der Waals surface area contributed by atoms with E-state index in [0.29, 0.717) is 25.1 Å². The molecule has 0 fully saturated rings. The van der Waals surface area contributed by atoms with Gasteiger partial charge in [0, 0.05) is 37.0 Å². The lowest BCUT2D eigenvalue weighted by Crippen LogP contribution is -2.26. The van der Waals surface area contributed by atoms with Crippen LogP contribution in [0.25, 0.3) is 0 Å². The van der Waals surface area contributed by atoms with Crippen molar-refractivity contribution in [1.29, 1.82) is 5.26 Å². The van der Waals surface area contributed by atoms with Gasteiger partial charge in [-0.2, -0.15) is 5.26 Å². The van der Waals surface area contributed by atoms with E-state index in [0.717, 1.165) is 11.3 Å². The van der Waals surface area contributed by atoms with E-state index in [1.165, 1.54) is 25.3 Å². The molecule has 0 spiro atoms. The highest BCUT2D eigenvalue weighted by Gasteiger charge is 2.08. The Morgan fingerprint density at radius 1 is 1.30 bits per heavy atom. The fourth-order valence-corrected chi connectivity index (χ4v) is 2.49. The van der Waals surface area contributed by atoms with Crippen LogP contribution in [0.2, 0.25) is 0 Å². The van der Waals surface area contributed by atoms with Crippen molar-refractivity contribution < 1.29 is 14.5 Å². The summed E-state index contributed by atoms with van der Waals surface area (Å²) in [6, 6.07) is 15.7. The number of carbonyl (C=O) groups excluding carboxylic acids is 1. The molecule has 0 saturated carbocycles. The molecule has 0 aliphatic rings. The van der Waals surface area contributed by atoms with E-state index in [1.54, 1.807) is 36.4 Å². The number of nitro groups is 1. The second kappa shape index (κ2) is 9.73. The molecular formula is C20H19N3O4. The summed E-state index contributed by atoms with van der Waals surface area (Å²) in [7, 11) is 1.31. The summed E-state index contributed by atoms with van der Waals surface area (Å²) in [4.78, 5) is 23.6. The Hall–Kier alpha value is -3.66. The fraction of sp³-hybridized carbons (Fsp3) is 0.200. The summed E-state index contributed by atoms with van der Waals surface area (Å²) in [5, 5.41) is 19.9. The van der Waals surface area contributed by atoms with Gasteiger partial charge in [0.2, 0.25) is 0 Å². The molecule has 0 N–H and O–H groups in total. The van der Waals surface area contributed by atoms with Crippen LogP contribution >= 0.6 is 0 Å². The Kier molecular flexibility index (Phi) is 7.08. The molecule has 0 amide bonds. The molecule has 7 nitrogen and oxygen atoms in total. The summed E-state index contributed by atoms with van der Waals surface area (Å²) in [6.07, 6.45) is 3.70. The normalized spacial score (nSPS) is 10.4. The maximum atomic E-state index is 11.3. The van der Waals surface area contributed by atoms with Crippen LogP contribution in [-0.2, 0) is 16.0 Å². The zero-order chi connectivity index (χ0) is 19.6. The number of rotatable bonds is 8. The average molecular weight is 365 g/mol. The molecule has 0 aliphatic heterocycles. The minimum absolute atomic E-state index is 0.0540. The van der Waals surface area contributed by atoms with Gasteiger partial charge in [-0.15, -0.1) is 0 Å². The molecule has 0 heterocycles. The first-order valence-electron chi connectivity index (χ1n) is 8.26. The van der Waals surface area contributed by atoms with Crippen molar-refractivity contribution in [3.63, 3.8) is 0 Å². The van der Waals surface area contributed by atoms with E-state index in [9.17, 15) is 14.9 Å². The van der Waals surface area contributed by atoms with E-state index in [-0.39, 0.29) is 5.69 Å². The van der Waals surface area contributed by atoms with Gasteiger partial charge >= 0.3 is 5.97 Å². The van der Waals surface area contributed by atoms with Gasteiger partial charge in [-0.25, -0.2) is 4.79 Å². The lowest BCUT2D eigenvalue weighted by Gasteiger charge is -2.23. The van der Waals surface area contributed by atoms with Gasteiger partial charge in [0.05, 0.1) is 23.7 Å². The largest absolute Gasteiger partial charge is 0.466 e. The van der Waals surface area contributed by atoms with Crippen molar-refractivity contribution >= 4 is 17.3 Å². The molecule has 0 aliphatic carbocycles. The summed E-state index contributed by atoms with van der Waals surface area (Å²) < 4.78 is 4.59. The number of ether oxygens (including phenoxy) is 1. The maximum absolute atomic E-state index is 11.3. The molecule has 138 valence electrons. The van der Waals surface area contributed by atoms with Gasteiger partial charge < -0.3 is 9.64 Å². The van der Waals surface area contributed by atoms with Gasteiger partial charge in [-0.3, -0.25) is 10.1 Å². The van der Waals surface area contributed by atoms with Crippen LogP contribution < -0.4 is 4.90 Å². The van der Waals surface area contributed by atoms with Gasteiger partial charge in [0.1, 0.15) is 0 Å². The van der Waals surface area contributed by atoms with Crippen molar-refractivity contribution in [2.75, 3.05) is 25.1 Å². The standard InChI is InChI=1S/C20H19N3O4/c1-27-20(24)6-3-12-22(19-5-2-4-17(14-19)15-21)13-11-16-7-9-18(10-8-16)23(25)26/h2-10,14H,11-13H2,1H3/b6-3+. The second-order valence-electron chi connectivity index (χ2n) is 5.71. The highest BCUT2D eigenvalue weighted by Crippen LogP contribution is 2.18. The van der Waals surface area contributed by atoms with E-state index in [1.807, 2.05) is 11.0 Å². The number of nitriles is 1. The number of carbonyl (C=O) groups is 1. The first-order chi connectivity index (χ1) is 13.0. The Morgan fingerprint density at radius 2 is 2.04 bits per heavy atom. The average Bonchev–Trinajstić information content (AvgIpc) is 2.70. The zero-order valence-electron chi connectivity index (χ0n) is 14.9. The summed E-state index contributed by atoms with van der Waals surface area (Å²) in [5.41, 5.74) is 2.41. The second-order valence-corrected chi connectivity index (χ2v) is 5.71. The van der Waals surface area contributed by atoms with Crippen molar-refractivity contribution in [2.24, 2.45) is 0 Å². The third kappa shape index (κ3) is 5.97. The number of anilines is 1. The third-order valence-corrected chi connectivity index (χ3v) is 3.94. The van der Waals surface area contributed by atoms with Gasteiger partial charge in [-0.05, 0) is 30.2 Å². The highest BCUT2D eigenvalue weighted by molar-refractivity contribution is 5.81. The predicted octanol–water partition coefficient (Wildman–Crippen LogP) is 3.24. The Morgan fingerprint density at radius 3 is 2.67 bits per heavy atom. The summed E-state index contributed by atoms with van der Waals surface area (Å²) in [6.45, 7) is 1.06. The number of hydrogen-bond acceptors (Lipinski definition) is 6. The number of nitrogens with zero attached hydrogens (tertiary/aromatic N) is 3. The molecule has 2 aromatic rings. The van der Waals surface area contributed by atoms with Crippen LogP contribution in [0.5, 0.6) is 0 Å². The number of esters is 1. The van der Waals surface area contributed by atoms with Crippen molar-refractivity contribution in [1.82, 2.24) is 0 Å². The van der Waals surface area contributed by atoms with E-state index >= 15 is 0 Å². The number of methoxy groups -OCH3 is 1. The molecule has 0 bridgehead atoms. The fourth-order valence-electron chi connectivity index (χ4n) is 2.49. The predicted molar refractivity (Wildman–Crippen MR) is 101 cm³/mol. The van der Waals surface area contributed by atoms with Crippen LogP contribution in [0.4, 0.5) is 11.4 Å². The molecule has 7 heteroatoms. The summed E-state index contributed by atoms with van der Waals surface area (Å²) >= 11 is 0. The number of hydrogen-bond donors (Lipinski definition) is 0. The Labute approximate surface area is 157 Å². The Bertz CT molecular complexity index is 870. The molecule has 2 rings (SSSR count). The van der Waals surface area contributed by atoms with Gasteiger partial charge in [-0.1, -0.05) is 24.3 Å². The van der Waals surface area contributed by atoms with Crippen molar-refractivity contribution in [2.45, 2.75) is 6.42 Å². The molecule has 0 unspecified atom stereocenters. The van der Waals surface area contributed by atoms with Crippen LogP contribution in [0, 0.1) is 21.4 Å². The zero-order valence-corrected chi connectivity index (χ0v) is 14.9. The van der Waals surface area contributed by atoms with E-state index in [4.69, 9.17) is 5.26 Å². The van der Waals surface area contributed by atoms with Crippen LogP contribution in [0.1, 0.15) is 11.1 Å². The van der Waals surface area contributed by atoms with Crippen LogP contribution in [-0.4, -0.2) is 31.1 Å². The number of benzene rings is 2. The molecule has 0 aromatic heterocycles. The molecule has 27 heavy (non-hydrogen) atoms. The molecule has 2 aromatic carbocycles. The van der Waals surface area contributed by atoms with E-state index in [2.05, 4.69) is 10.8 Å². The summed E-state index contributed by atoms with van der Waals surface area (Å²) in [5.74, 6) is -0.434. The third-order valence-electron chi connectivity index (χ3n) is 3.94. The monoisotopic (exact) mass is 365 g/mol. The Balaban J connectivity index is 2.13.